The third-order valence-electron chi connectivity index (χ3n) is 4.79. The summed E-state index contributed by atoms with van der Waals surface area (Å²) in [6.45, 7) is 7.76. The zero-order chi connectivity index (χ0) is 20.6. The second kappa shape index (κ2) is 12.7. The van der Waals surface area contributed by atoms with Crippen LogP contribution in [0.15, 0.2) is 35.5 Å². The van der Waals surface area contributed by atoms with Crippen LogP contribution in [0.4, 0.5) is 5.82 Å². The van der Waals surface area contributed by atoms with Gasteiger partial charge in [0.15, 0.2) is 5.96 Å². The number of rotatable bonds is 7. The number of halogens is 2. The van der Waals surface area contributed by atoms with Gasteiger partial charge in [0.25, 0.3) is 0 Å². The topological polar surface area (TPSA) is 76.0 Å². The number of hydrogen-bond acceptors (Lipinski definition) is 6. The highest BCUT2D eigenvalue weighted by Gasteiger charge is 2.15. The van der Waals surface area contributed by atoms with Crippen LogP contribution in [-0.2, 0) is 6.54 Å². The van der Waals surface area contributed by atoms with Crippen LogP contribution in [0.3, 0.4) is 0 Å². The predicted octanol–water partition coefficient (Wildman–Crippen LogP) is 2.96. The van der Waals surface area contributed by atoms with E-state index in [0.717, 1.165) is 49.0 Å². The number of likely N-dealkylation sites (N-methyl/N-ethyl adjacent to an activating group) is 1. The average Bonchev–Trinajstić information content (AvgIpc) is 3.17. The number of aliphatic imine (C=N–C) groups is 1. The van der Waals surface area contributed by atoms with Gasteiger partial charge < -0.3 is 25.5 Å². The van der Waals surface area contributed by atoms with Crippen molar-refractivity contribution < 1.29 is 5.11 Å². The molecule has 0 saturated carbocycles. The first-order chi connectivity index (χ1) is 14.0. The van der Waals surface area contributed by atoms with Crippen LogP contribution in [0.2, 0.25) is 4.34 Å². The summed E-state index contributed by atoms with van der Waals surface area (Å²) in [6.07, 6.45) is 1.23. The quantitative estimate of drug-likeness (QED) is 0.273. The molecule has 7 nitrogen and oxygen atoms in total. The third-order valence-corrected chi connectivity index (χ3v) is 6.12. The van der Waals surface area contributed by atoms with Gasteiger partial charge in [-0.05, 0) is 43.8 Å². The number of pyridine rings is 1. The van der Waals surface area contributed by atoms with E-state index in [1.165, 1.54) is 11.3 Å². The van der Waals surface area contributed by atoms with Gasteiger partial charge in [-0.3, -0.25) is 0 Å². The van der Waals surface area contributed by atoms with Crippen LogP contribution in [0.1, 0.15) is 23.5 Å². The maximum Gasteiger partial charge on any atom is 0.191 e. The minimum atomic E-state index is -0.624. The van der Waals surface area contributed by atoms with Gasteiger partial charge in [-0.2, -0.15) is 0 Å². The van der Waals surface area contributed by atoms with Crippen molar-refractivity contribution in [2.45, 2.75) is 19.6 Å². The van der Waals surface area contributed by atoms with Crippen LogP contribution in [0.25, 0.3) is 0 Å². The second-order valence-electron chi connectivity index (χ2n) is 7.05. The number of nitrogens with zero attached hydrogens (tertiary/aromatic N) is 4. The number of nitrogens with one attached hydrogen (secondary N) is 2. The van der Waals surface area contributed by atoms with Gasteiger partial charge in [-0.1, -0.05) is 11.6 Å². The van der Waals surface area contributed by atoms with Gasteiger partial charge in [-0.15, -0.1) is 35.3 Å². The molecular weight excluding hydrogens is 535 g/mol. The van der Waals surface area contributed by atoms with E-state index in [-0.39, 0.29) is 24.0 Å². The Morgan fingerprint density at radius 2 is 2.03 bits per heavy atom. The molecule has 3 heterocycles. The molecule has 3 rings (SSSR count). The molecule has 1 aliphatic heterocycles. The number of aliphatic hydroxyl groups excluding tert-OH is 1. The average molecular weight is 565 g/mol. The fourth-order valence-corrected chi connectivity index (χ4v) is 4.13. The van der Waals surface area contributed by atoms with Gasteiger partial charge in [0.1, 0.15) is 11.9 Å². The zero-order valence-electron chi connectivity index (χ0n) is 17.3. The Labute approximate surface area is 204 Å². The molecule has 30 heavy (non-hydrogen) atoms. The smallest absolute Gasteiger partial charge is 0.191 e. The maximum atomic E-state index is 10.3. The van der Waals surface area contributed by atoms with E-state index in [0.29, 0.717) is 23.4 Å². The summed E-state index contributed by atoms with van der Waals surface area (Å²) in [5, 5.41) is 16.7. The Kier molecular flexibility index (Phi) is 10.6. The van der Waals surface area contributed by atoms with Crippen molar-refractivity contribution in [2.75, 3.05) is 51.2 Å². The summed E-state index contributed by atoms with van der Waals surface area (Å²) in [4.78, 5) is 14.7. The molecule has 1 saturated heterocycles. The molecule has 2 aromatic heterocycles. The lowest BCUT2D eigenvalue weighted by molar-refractivity contribution is 0.184. The van der Waals surface area contributed by atoms with Crippen molar-refractivity contribution in [3.63, 3.8) is 0 Å². The fourth-order valence-electron chi connectivity index (χ4n) is 3.08. The number of aromatic nitrogens is 1. The highest BCUT2D eigenvalue weighted by atomic mass is 127. The second-order valence-corrected chi connectivity index (χ2v) is 8.79. The fraction of sp³-hybridized carbons (Fsp3) is 0.500. The lowest BCUT2D eigenvalue weighted by Crippen LogP contribution is -2.44. The molecule has 3 N–H and O–H groups in total. The number of anilines is 1. The van der Waals surface area contributed by atoms with E-state index in [2.05, 4.69) is 43.5 Å². The molecule has 0 amide bonds. The van der Waals surface area contributed by atoms with Gasteiger partial charge >= 0.3 is 0 Å². The number of guanidine groups is 1. The SMILES string of the molecule is CCNC(=NCc1ccnc(N2CCN(C)CC2)c1)NCC(O)c1ccc(Cl)s1.I. The molecule has 1 aliphatic rings. The summed E-state index contributed by atoms with van der Waals surface area (Å²) >= 11 is 7.34. The van der Waals surface area contributed by atoms with Crippen molar-refractivity contribution in [1.82, 2.24) is 20.5 Å². The summed E-state index contributed by atoms with van der Waals surface area (Å²) < 4.78 is 0.675. The van der Waals surface area contributed by atoms with Crippen LogP contribution in [0.5, 0.6) is 0 Å². The molecular formula is C20H30ClIN6OS. The van der Waals surface area contributed by atoms with Gasteiger partial charge in [0.05, 0.1) is 10.9 Å². The summed E-state index contributed by atoms with van der Waals surface area (Å²) in [5.74, 6) is 1.68. The predicted molar refractivity (Wildman–Crippen MR) is 136 cm³/mol. The van der Waals surface area contributed by atoms with E-state index >= 15 is 0 Å². The van der Waals surface area contributed by atoms with E-state index in [1.807, 2.05) is 25.3 Å². The standard InChI is InChI=1S/C20H29ClN6OS.HI/c1-3-22-20(25-14-16(28)17-4-5-18(21)29-17)24-13-15-6-7-23-19(12-15)27-10-8-26(2)9-11-27;/h4-7,12,16,28H,3,8-11,13-14H2,1-2H3,(H2,22,24,25);1H. The summed E-state index contributed by atoms with van der Waals surface area (Å²) in [5.41, 5.74) is 1.11. The van der Waals surface area contributed by atoms with E-state index in [4.69, 9.17) is 11.6 Å². The highest BCUT2D eigenvalue weighted by Crippen LogP contribution is 2.26. The minimum absolute atomic E-state index is 0. The van der Waals surface area contributed by atoms with Crippen molar-refractivity contribution >= 4 is 58.7 Å². The van der Waals surface area contributed by atoms with Crippen molar-refractivity contribution in [1.29, 1.82) is 0 Å². The first kappa shape index (κ1) is 25.1. The van der Waals surface area contributed by atoms with Crippen molar-refractivity contribution in [3.05, 3.63) is 45.2 Å². The molecule has 0 radical (unpaired) electrons. The molecule has 1 unspecified atom stereocenters. The van der Waals surface area contributed by atoms with Gasteiger partial charge in [0.2, 0.25) is 0 Å². The van der Waals surface area contributed by atoms with E-state index < -0.39 is 6.10 Å². The van der Waals surface area contributed by atoms with Gasteiger partial charge in [0, 0.05) is 50.3 Å². The molecule has 0 aliphatic carbocycles. The van der Waals surface area contributed by atoms with E-state index in [1.54, 1.807) is 6.07 Å². The van der Waals surface area contributed by atoms with Crippen molar-refractivity contribution in [3.8, 4) is 0 Å². The number of thiophene rings is 1. The third kappa shape index (κ3) is 7.52. The number of hydrogen-bond donors (Lipinski definition) is 3. The summed E-state index contributed by atoms with van der Waals surface area (Å²) in [6, 6.07) is 7.75. The molecule has 1 fully saturated rings. The van der Waals surface area contributed by atoms with E-state index in [9.17, 15) is 5.11 Å². The lowest BCUT2D eigenvalue weighted by atomic mass is 10.2. The number of piperazine rings is 1. The number of aliphatic hydroxyl groups is 1. The Balaban J connectivity index is 0.00000320. The Hall–Kier alpha value is -1.14. The van der Waals surface area contributed by atoms with Gasteiger partial charge in [-0.25, -0.2) is 9.98 Å². The first-order valence-corrected chi connectivity index (χ1v) is 11.1. The van der Waals surface area contributed by atoms with Crippen LogP contribution in [-0.4, -0.2) is 67.3 Å². The minimum Gasteiger partial charge on any atom is -0.386 e. The van der Waals surface area contributed by atoms with Crippen LogP contribution >= 0.6 is 46.9 Å². The first-order valence-electron chi connectivity index (χ1n) is 9.89. The molecule has 1 atom stereocenters. The van der Waals surface area contributed by atoms with Crippen molar-refractivity contribution in [2.24, 2.45) is 4.99 Å². The summed E-state index contributed by atoms with van der Waals surface area (Å²) in [7, 11) is 2.15. The lowest BCUT2D eigenvalue weighted by Gasteiger charge is -2.33. The zero-order valence-corrected chi connectivity index (χ0v) is 21.2. The Morgan fingerprint density at radius 3 is 2.70 bits per heavy atom. The molecule has 2 aromatic rings. The highest BCUT2D eigenvalue weighted by molar-refractivity contribution is 14.0. The largest absolute Gasteiger partial charge is 0.386 e. The maximum absolute atomic E-state index is 10.3. The molecule has 0 bridgehead atoms. The Morgan fingerprint density at radius 1 is 1.27 bits per heavy atom. The molecule has 0 aromatic carbocycles. The Bertz CT molecular complexity index is 812. The van der Waals surface area contributed by atoms with Crippen LogP contribution < -0.4 is 15.5 Å². The monoisotopic (exact) mass is 564 g/mol. The van der Waals surface area contributed by atoms with Crippen LogP contribution in [0, 0.1) is 0 Å². The molecule has 0 spiro atoms. The normalized spacial score (nSPS) is 16.1. The molecule has 10 heteroatoms. The molecule has 166 valence electrons.